The fourth-order valence-electron chi connectivity index (χ4n) is 1.93. The normalized spacial score (nSPS) is 10.8. The predicted molar refractivity (Wildman–Crippen MR) is 79.1 cm³/mol. The van der Waals surface area contributed by atoms with Gasteiger partial charge in [-0.25, -0.2) is 4.39 Å². The van der Waals surface area contributed by atoms with E-state index in [9.17, 15) is 9.18 Å². The molecule has 0 unspecified atom stereocenters. The second kappa shape index (κ2) is 7.46. The minimum atomic E-state index is -0.614. The average molecular weight is 289 g/mol. The van der Waals surface area contributed by atoms with E-state index in [1.54, 1.807) is 19.1 Å². The van der Waals surface area contributed by atoms with E-state index in [1.807, 2.05) is 13.8 Å². The van der Waals surface area contributed by atoms with Crippen LogP contribution in [0.4, 0.5) is 10.1 Å². The van der Waals surface area contributed by atoms with Gasteiger partial charge in [0.2, 0.25) is 5.91 Å². The van der Waals surface area contributed by atoms with Crippen molar-refractivity contribution < 1.29 is 9.18 Å². The quantitative estimate of drug-likeness (QED) is 0.874. The van der Waals surface area contributed by atoms with Gasteiger partial charge in [0.1, 0.15) is 5.82 Å². The first-order valence-corrected chi connectivity index (χ1v) is 6.26. The number of halogens is 2. The van der Waals surface area contributed by atoms with Gasteiger partial charge >= 0.3 is 0 Å². The molecule has 0 saturated carbocycles. The summed E-state index contributed by atoms with van der Waals surface area (Å²) in [5, 5.41) is 2.64. The van der Waals surface area contributed by atoms with Crippen molar-refractivity contribution in [3.8, 4) is 0 Å². The van der Waals surface area contributed by atoms with Crippen molar-refractivity contribution in [1.82, 2.24) is 0 Å². The van der Waals surface area contributed by atoms with Gasteiger partial charge in [0.15, 0.2) is 0 Å². The maximum Gasteiger partial charge on any atom is 0.231 e. The van der Waals surface area contributed by atoms with E-state index in [4.69, 9.17) is 5.73 Å². The first-order chi connectivity index (χ1) is 8.49. The number of carbonyl (C=O) groups is 1. The molecular formula is C14H22ClFN2O. The minimum Gasteiger partial charge on any atom is -0.329 e. The van der Waals surface area contributed by atoms with Gasteiger partial charge in [0.05, 0.1) is 11.1 Å². The Morgan fingerprint density at radius 3 is 2.37 bits per heavy atom. The number of benzene rings is 1. The molecule has 0 aliphatic heterocycles. The summed E-state index contributed by atoms with van der Waals surface area (Å²) < 4.78 is 13.7. The molecule has 1 aromatic carbocycles. The lowest BCUT2D eigenvalue weighted by Crippen LogP contribution is -2.41. The molecule has 1 rings (SSSR count). The molecule has 5 heteroatoms. The standard InChI is InChI=1S/C14H21FN2O.ClH/c1-4-14(5-2,9-16)13(18)17-12-7-6-10(3)8-11(12)15;/h6-8H,4-5,9,16H2,1-3H3,(H,17,18);1H. The van der Waals surface area contributed by atoms with Crippen LogP contribution in [0.5, 0.6) is 0 Å². The molecular weight excluding hydrogens is 267 g/mol. The summed E-state index contributed by atoms with van der Waals surface area (Å²) in [4.78, 5) is 12.2. The monoisotopic (exact) mass is 288 g/mol. The molecule has 3 nitrogen and oxygen atoms in total. The number of rotatable bonds is 5. The van der Waals surface area contributed by atoms with Crippen LogP contribution in [-0.2, 0) is 4.79 Å². The Morgan fingerprint density at radius 2 is 1.95 bits per heavy atom. The summed E-state index contributed by atoms with van der Waals surface area (Å²) in [5.41, 5.74) is 6.11. The first kappa shape index (κ1) is 17.9. The molecule has 0 saturated heterocycles. The number of aryl methyl sites for hydroxylation is 1. The molecule has 0 aliphatic carbocycles. The number of carbonyl (C=O) groups excluding carboxylic acids is 1. The van der Waals surface area contributed by atoms with Gasteiger partial charge in [0.25, 0.3) is 0 Å². The van der Waals surface area contributed by atoms with Crippen molar-refractivity contribution in [2.45, 2.75) is 33.6 Å². The molecule has 0 atom stereocenters. The van der Waals surface area contributed by atoms with Gasteiger partial charge in [0, 0.05) is 6.54 Å². The zero-order valence-corrected chi connectivity index (χ0v) is 12.4. The molecule has 1 aromatic rings. The van der Waals surface area contributed by atoms with Crippen molar-refractivity contribution in [3.05, 3.63) is 29.6 Å². The molecule has 1 amide bonds. The van der Waals surface area contributed by atoms with E-state index in [1.165, 1.54) is 6.07 Å². The Balaban J connectivity index is 0.00000324. The highest BCUT2D eigenvalue weighted by atomic mass is 35.5. The van der Waals surface area contributed by atoms with E-state index in [2.05, 4.69) is 5.32 Å². The van der Waals surface area contributed by atoms with E-state index < -0.39 is 11.2 Å². The van der Waals surface area contributed by atoms with Crippen LogP contribution in [0.2, 0.25) is 0 Å². The van der Waals surface area contributed by atoms with Crippen LogP contribution in [0.3, 0.4) is 0 Å². The van der Waals surface area contributed by atoms with Crippen molar-refractivity contribution in [2.75, 3.05) is 11.9 Å². The Kier molecular flexibility index (Phi) is 7.01. The molecule has 0 bridgehead atoms. The van der Waals surface area contributed by atoms with Crippen molar-refractivity contribution in [2.24, 2.45) is 11.1 Å². The van der Waals surface area contributed by atoms with Crippen LogP contribution in [0.25, 0.3) is 0 Å². The molecule has 0 spiro atoms. The maximum absolute atomic E-state index is 13.7. The molecule has 0 heterocycles. The minimum absolute atomic E-state index is 0. The lowest BCUT2D eigenvalue weighted by molar-refractivity contribution is -0.125. The topological polar surface area (TPSA) is 55.1 Å². The zero-order chi connectivity index (χ0) is 13.8. The Bertz CT molecular complexity index is 425. The SMILES string of the molecule is CCC(CC)(CN)C(=O)Nc1ccc(C)cc1F.Cl. The molecule has 0 aromatic heterocycles. The van der Waals surface area contributed by atoms with Crippen molar-refractivity contribution >= 4 is 24.0 Å². The highest BCUT2D eigenvalue weighted by Gasteiger charge is 2.33. The molecule has 0 aliphatic rings. The summed E-state index contributed by atoms with van der Waals surface area (Å²) in [6, 6.07) is 4.74. The molecule has 108 valence electrons. The van der Waals surface area contributed by atoms with Crippen LogP contribution >= 0.6 is 12.4 Å². The molecule has 3 N–H and O–H groups in total. The number of amides is 1. The van der Waals surface area contributed by atoms with Crippen LogP contribution in [-0.4, -0.2) is 12.5 Å². The van der Waals surface area contributed by atoms with Crippen molar-refractivity contribution in [1.29, 1.82) is 0 Å². The Morgan fingerprint density at radius 1 is 1.37 bits per heavy atom. The molecule has 0 fully saturated rings. The Labute approximate surface area is 120 Å². The van der Waals surface area contributed by atoms with Crippen LogP contribution < -0.4 is 11.1 Å². The third-order valence-corrected chi connectivity index (χ3v) is 3.60. The number of hydrogen-bond acceptors (Lipinski definition) is 2. The van der Waals surface area contributed by atoms with Crippen LogP contribution in [0.15, 0.2) is 18.2 Å². The predicted octanol–water partition coefficient (Wildman–Crippen LogP) is 3.26. The van der Waals surface area contributed by atoms with Gasteiger partial charge < -0.3 is 11.1 Å². The maximum atomic E-state index is 13.7. The van der Waals surface area contributed by atoms with Gasteiger partial charge in [-0.2, -0.15) is 0 Å². The van der Waals surface area contributed by atoms with E-state index in [-0.39, 0.29) is 30.5 Å². The lowest BCUT2D eigenvalue weighted by Gasteiger charge is -2.28. The fourth-order valence-corrected chi connectivity index (χ4v) is 1.93. The smallest absolute Gasteiger partial charge is 0.231 e. The highest BCUT2D eigenvalue weighted by molar-refractivity contribution is 5.95. The molecule has 19 heavy (non-hydrogen) atoms. The second-order valence-corrected chi connectivity index (χ2v) is 4.63. The second-order valence-electron chi connectivity index (χ2n) is 4.63. The van der Waals surface area contributed by atoms with E-state index >= 15 is 0 Å². The summed E-state index contributed by atoms with van der Waals surface area (Å²) in [6.45, 7) is 5.90. The number of nitrogens with one attached hydrogen (secondary N) is 1. The lowest BCUT2D eigenvalue weighted by atomic mass is 9.81. The van der Waals surface area contributed by atoms with Gasteiger partial charge in [-0.15, -0.1) is 12.4 Å². The summed E-state index contributed by atoms with van der Waals surface area (Å²) in [5.74, 6) is -0.626. The summed E-state index contributed by atoms with van der Waals surface area (Å²) >= 11 is 0. The summed E-state index contributed by atoms with van der Waals surface area (Å²) in [6.07, 6.45) is 1.28. The van der Waals surface area contributed by atoms with E-state index in [0.717, 1.165) is 5.56 Å². The summed E-state index contributed by atoms with van der Waals surface area (Å²) in [7, 11) is 0. The van der Waals surface area contributed by atoms with Gasteiger partial charge in [-0.3, -0.25) is 4.79 Å². The number of hydrogen-bond donors (Lipinski definition) is 2. The van der Waals surface area contributed by atoms with Crippen LogP contribution in [0, 0.1) is 18.2 Å². The first-order valence-electron chi connectivity index (χ1n) is 6.26. The van der Waals surface area contributed by atoms with E-state index in [0.29, 0.717) is 12.8 Å². The average Bonchev–Trinajstić information content (AvgIpc) is 2.36. The number of anilines is 1. The van der Waals surface area contributed by atoms with Gasteiger partial charge in [-0.05, 0) is 37.5 Å². The largest absolute Gasteiger partial charge is 0.329 e. The number of nitrogens with two attached hydrogens (primary N) is 1. The van der Waals surface area contributed by atoms with Gasteiger partial charge in [-0.1, -0.05) is 19.9 Å². The van der Waals surface area contributed by atoms with Crippen molar-refractivity contribution in [3.63, 3.8) is 0 Å². The zero-order valence-electron chi connectivity index (χ0n) is 11.6. The van der Waals surface area contributed by atoms with Crippen LogP contribution in [0.1, 0.15) is 32.3 Å². The Hall–Kier alpha value is -1.13. The third-order valence-electron chi connectivity index (χ3n) is 3.60. The third kappa shape index (κ3) is 3.91. The molecule has 0 radical (unpaired) electrons. The highest BCUT2D eigenvalue weighted by Crippen LogP contribution is 2.27. The fraction of sp³-hybridized carbons (Fsp3) is 0.500.